The number of rotatable bonds is 3. The van der Waals surface area contributed by atoms with Crippen LogP contribution in [0.1, 0.15) is 18.5 Å². The van der Waals surface area contributed by atoms with Gasteiger partial charge in [-0.2, -0.15) is 0 Å². The zero-order valence-corrected chi connectivity index (χ0v) is 10.3. The first-order valence-electron chi connectivity index (χ1n) is 4.92. The summed E-state index contributed by atoms with van der Waals surface area (Å²) in [7, 11) is 0. The van der Waals surface area contributed by atoms with E-state index in [9.17, 15) is 4.39 Å². The minimum Gasteiger partial charge on any atom is -0.376 e. The van der Waals surface area contributed by atoms with Crippen LogP contribution in [-0.2, 0) is 0 Å². The van der Waals surface area contributed by atoms with Gasteiger partial charge in [-0.15, -0.1) is 11.3 Å². The van der Waals surface area contributed by atoms with Crippen LogP contribution in [-0.4, -0.2) is 0 Å². The molecular weight excluding hydrogens is 245 g/mol. The Morgan fingerprint density at radius 2 is 2.12 bits per heavy atom. The van der Waals surface area contributed by atoms with Crippen molar-refractivity contribution >= 4 is 28.6 Å². The minimum absolute atomic E-state index is 0.0423. The molecule has 84 valence electrons. The average Bonchev–Trinajstić information content (AvgIpc) is 2.68. The van der Waals surface area contributed by atoms with Crippen LogP contribution in [0.25, 0.3) is 0 Å². The van der Waals surface area contributed by atoms with Gasteiger partial charge in [0.25, 0.3) is 0 Å². The van der Waals surface area contributed by atoms with Crippen LogP contribution in [0.5, 0.6) is 0 Å². The SMILES string of the molecule is CC(Nc1ccccc1F)c1csc(Cl)c1. The third-order valence-corrected chi connectivity index (χ3v) is 3.44. The Hall–Kier alpha value is -1.06. The number of nitrogens with one attached hydrogen (secondary N) is 1. The summed E-state index contributed by atoms with van der Waals surface area (Å²) in [6.07, 6.45) is 0. The van der Waals surface area contributed by atoms with Crippen LogP contribution in [0.3, 0.4) is 0 Å². The Morgan fingerprint density at radius 3 is 2.75 bits per heavy atom. The summed E-state index contributed by atoms with van der Waals surface area (Å²) < 4.78 is 14.1. The number of hydrogen-bond donors (Lipinski definition) is 1. The molecule has 0 saturated carbocycles. The molecule has 0 spiro atoms. The molecule has 0 aliphatic heterocycles. The fraction of sp³-hybridized carbons (Fsp3) is 0.167. The standard InChI is InChI=1S/C12H11ClFNS/c1-8(9-6-12(13)16-7-9)15-11-5-3-2-4-10(11)14/h2-8,15H,1H3. The van der Waals surface area contributed by atoms with E-state index in [4.69, 9.17) is 11.6 Å². The summed E-state index contributed by atoms with van der Waals surface area (Å²) in [5.41, 5.74) is 1.58. The molecule has 1 atom stereocenters. The lowest BCUT2D eigenvalue weighted by atomic mass is 10.1. The van der Waals surface area contributed by atoms with Crippen LogP contribution in [0.2, 0.25) is 4.34 Å². The average molecular weight is 256 g/mol. The minimum atomic E-state index is -0.240. The Balaban J connectivity index is 2.13. The van der Waals surface area contributed by atoms with Crippen LogP contribution in [0.15, 0.2) is 35.7 Å². The first kappa shape index (κ1) is 11.4. The number of hydrogen-bond acceptors (Lipinski definition) is 2. The fourth-order valence-electron chi connectivity index (χ4n) is 1.45. The summed E-state index contributed by atoms with van der Waals surface area (Å²) in [4.78, 5) is 0. The maximum atomic E-state index is 13.4. The molecule has 2 rings (SSSR count). The summed E-state index contributed by atoms with van der Waals surface area (Å²) in [5.74, 6) is -0.240. The van der Waals surface area contributed by atoms with Crippen molar-refractivity contribution in [2.24, 2.45) is 0 Å². The van der Waals surface area contributed by atoms with E-state index >= 15 is 0 Å². The summed E-state index contributed by atoms with van der Waals surface area (Å²) in [6.45, 7) is 1.98. The first-order valence-corrected chi connectivity index (χ1v) is 6.17. The molecule has 1 heterocycles. The molecular formula is C12H11ClFNS. The number of benzene rings is 1. The second-order valence-electron chi connectivity index (χ2n) is 3.53. The van der Waals surface area contributed by atoms with E-state index in [-0.39, 0.29) is 11.9 Å². The topological polar surface area (TPSA) is 12.0 Å². The summed E-state index contributed by atoms with van der Waals surface area (Å²) in [5, 5.41) is 5.09. The van der Waals surface area contributed by atoms with Crippen molar-refractivity contribution in [1.82, 2.24) is 0 Å². The van der Waals surface area contributed by atoms with Gasteiger partial charge in [-0.05, 0) is 36.1 Å². The van der Waals surface area contributed by atoms with Crippen molar-refractivity contribution in [3.8, 4) is 0 Å². The van der Waals surface area contributed by atoms with Gasteiger partial charge in [0.05, 0.1) is 10.0 Å². The molecule has 0 saturated heterocycles. The molecule has 0 amide bonds. The molecule has 0 radical (unpaired) electrons. The lowest BCUT2D eigenvalue weighted by Gasteiger charge is -2.14. The van der Waals surface area contributed by atoms with Crippen molar-refractivity contribution in [3.05, 3.63) is 51.4 Å². The highest BCUT2D eigenvalue weighted by atomic mass is 35.5. The van der Waals surface area contributed by atoms with Gasteiger partial charge in [-0.1, -0.05) is 23.7 Å². The Labute approximate surface area is 103 Å². The van der Waals surface area contributed by atoms with Crippen molar-refractivity contribution in [3.63, 3.8) is 0 Å². The highest BCUT2D eigenvalue weighted by Crippen LogP contribution is 2.27. The van der Waals surface area contributed by atoms with Gasteiger partial charge in [0.2, 0.25) is 0 Å². The van der Waals surface area contributed by atoms with Crippen LogP contribution in [0.4, 0.5) is 10.1 Å². The predicted molar refractivity (Wildman–Crippen MR) is 67.8 cm³/mol. The van der Waals surface area contributed by atoms with Crippen molar-refractivity contribution < 1.29 is 4.39 Å². The normalized spacial score (nSPS) is 12.4. The van der Waals surface area contributed by atoms with E-state index in [2.05, 4.69) is 5.32 Å². The quantitative estimate of drug-likeness (QED) is 0.837. The highest BCUT2D eigenvalue weighted by Gasteiger charge is 2.09. The van der Waals surface area contributed by atoms with E-state index in [0.717, 1.165) is 9.90 Å². The lowest BCUT2D eigenvalue weighted by Crippen LogP contribution is -2.06. The molecule has 1 unspecified atom stereocenters. The highest BCUT2D eigenvalue weighted by molar-refractivity contribution is 7.14. The van der Waals surface area contributed by atoms with Crippen LogP contribution in [0, 0.1) is 5.82 Å². The number of thiophene rings is 1. The van der Waals surface area contributed by atoms with Gasteiger partial charge < -0.3 is 5.32 Å². The molecule has 0 bridgehead atoms. The monoisotopic (exact) mass is 255 g/mol. The largest absolute Gasteiger partial charge is 0.376 e. The molecule has 0 aliphatic carbocycles. The maximum absolute atomic E-state index is 13.4. The molecule has 1 aromatic heterocycles. The maximum Gasteiger partial charge on any atom is 0.146 e. The van der Waals surface area contributed by atoms with Gasteiger partial charge in [0.1, 0.15) is 5.82 Å². The zero-order valence-electron chi connectivity index (χ0n) is 8.71. The van der Waals surface area contributed by atoms with E-state index in [1.807, 2.05) is 18.4 Å². The third kappa shape index (κ3) is 2.54. The smallest absolute Gasteiger partial charge is 0.146 e. The summed E-state index contributed by atoms with van der Waals surface area (Å²) in [6, 6.07) is 8.58. The molecule has 1 nitrogen and oxygen atoms in total. The number of anilines is 1. The van der Waals surface area contributed by atoms with E-state index in [1.54, 1.807) is 18.2 Å². The second-order valence-corrected chi connectivity index (χ2v) is 5.07. The predicted octanol–water partition coefficient (Wildman–Crippen LogP) is 4.71. The molecule has 16 heavy (non-hydrogen) atoms. The molecule has 0 fully saturated rings. The van der Waals surface area contributed by atoms with Crippen LogP contribution < -0.4 is 5.32 Å². The van der Waals surface area contributed by atoms with Gasteiger partial charge in [0, 0.05) is 6.04 Å². The molecule has 1 aromatic carbocycles. The van der Waals surface area contributed by atoms with E-state index < -0.39 is 0 Å². The zero-order chi connectivity index (χ0) is 11.5. The molecule has 1 N–H and O–H groups in total. The van der Waals surface area contributed by atoms with E-state index in [1.165, 1.54) is 17.4 Å². The second kappa shape index (κ2) is 4.85. The Morgan fingerprint density at radius 1 is 1.38 bits per heavy atom. The van der Waals surface area contributed by atoms with Gasteiger partial charge in [-0.25, -0.2) is 4.39 Å². The van der Waals surface area contributed by atoms with Crippen LogP contribution >= 0.6 is 22.9 Å². The number of para-hydroxylation sites is 1. The third-order valence-electron chi connectivity index (χ3n) is 2.33. The lowest BCUT2D eigenvalue weighted by molar-refractivity contribution is 0.627. The molecule has 0 aliphatic rings. The Kier molecular flexibility index (Phi) is 3.46. The first-order chi connectivity index (χ1) is 7.66. The molecule has 2 aromatic rings. The number of halogens is 2. The van der Waals surface area contributed by atoms with E-state index in [0.29, 0.717) is 5.69 Å². The summed E-state index contributed by atoms with van der Waals surface area (Å²) >= 11 is 7.33. The Bertz CT molecular complexity index is 483. The van der Waals surface area contributed by atoms with Crippen molar-refractivity contribution in [1.29, 1.82) is 0 Å². The van der Waals surface area contributed by atoms with Gasteiger partial charge >= 0.3 is 0 Å². The van der Waals surface area contributed by atoms with Gasteiger partial charge in [0.15, 0.2) is 0 Å². The van der Waals surface area contributed by atoms with Crippen molar-refractivity contribution in [2.45, 2.75) is 13.0 Å². The van der Waals surface area contributed by atoms with Gasteiger partial charge in [-0.3, -0.25) is 0 Å². The molecule has 4 heteroatoms. The van der Waals surface area contributed by atoms with Crippen molar-refractivity contribution in [2.75, 3.05) is 5.32 Å². The fourth-order valence-corrected chi connectivity index (χ4v) is 2.43.